The van der Waals surface area contributed by atoms with Crippen LogP contribution in [0.15, 0.2) is 18.2 Å². The Bertz CT molecular complexity index is 466. The lowest BCUT2D eigenvalue weighted by Gasteiger charge is -2.12. The fourth-order valence-electron chi connectivity index (χ4n) is 1.56. The van der Waals surface area contributed by atoms with Crippen molar-refractivity contribution in [1.29, 1.82) is 5.26 Å². The number of para-hydroxylation sites is 1. The van der Waals surface area contributed by atoms with Gasteiger partial charge in [0.05, 0.1) is 18.7 Å². The van der Waals surface area contributed by atoms with Crippen molar-refractivity contribution in [2.75, 3.05) is 7.11 Å². The van der Waals surface area contributed by atoms with Crippen LogP contribution in [0.3, 0.4) is 0 Å². The minimum atomic E-state index is -0.548. The van der Waals surface area contributed by atoms with Crippen LogP contribution in [0.2, 0.25) is 0 Å². The molecule has 0 spiro atoms. The first-order chi connectivity index (χ1) is 8.63. The Balaban J connectivity index is 2.88. The highest BCUT2D eigenvalue weighted by Crippen LogP contribution is 2.29. The summed E-state index contributed by atoms with van der Waals surface area (Å²) >= 11 is 0. The molecule has 0 saturated heterocycles. The van der Waals surface area contributed by atoms with E-state index in [4.69, 9.17) is 10.00 Å². The Labute approximate surface area is 106 Å². The predicted octanol–water partition coefficient (Wildman–Crippen LogP) is 1.82. The molecule has 0 bridgehead atoms. The first kappa shape index (κ1) is 13.8. The molecule has 1 rings (SSSR count). The molecule has 0 aliphatic carbocycles. The van der Waals surface area contributed by atoms with Gasteiger partial charge in [-0.3, -0.25) is 4.79 Å². The molecule has 0 aliphatic heterocycles. The molecule has 2 N–H and O–H groups in total. The van der Waals surface area contributed by atoms with E-state index in [1.165, 1.54) is 13.2 Å². The summed E-state index contributed by atoms with van der Waals surface area (Å²) in [6.45, 7) is 1.93. The molecule has 5 heteroatoms. The highest BCUT2D eigenvalue weighted by molar-refractivity contribution is 5.97. The number of hydrogen-bond donors (Lipinski definition) is 2. The van der Waals surface area contributed by atoms with Gasteiger partial charge in [-0.15, -0.1) is 0 Å². The van der Waals surface area contributed by atoms with E-state index in [-0.39, 0.29) is 17.1 Å². The number of nitrogens with zero attached hydrogens (tertiary/aromatic N) is 1. The van der Waals surface area contributed by atoms with Gasteiger partial charge in [-0.2, -0.15) is 5.26 Å². The van der Waals surface area contributed by atoms with E-state index in [1.54, 1.807) is 12.1 Å². The molecular formula is C13H16N2O3. The summed E-state index contributed by atoms with van der Waals surface area (Å²) in [6, 6.07) is 6.10. The largest absolute Gasteiger partial charge is 0.504 e. The van der Waals surface area contributed by atoms with E-state index in [0.29, 0.717) is 6.42 Å². The third-order valence-corrected chi connectivity index (χ3v) is 2.50. The van der Waals surface area contributed by atoms with Gasteiger partial charge < -0.3 is 15.2 Å². The molecule has 0 saturated carbocycles. The Morgan fingerprint density at radius 1 is 1.61 bits per heavy atom. The molecule has 1 atom stereocenters. The highest BCUT2D eigenvalue weighted by atomic mass is 16.5. The average molecular weight is 248 g/mol. The summed E-state index contributed by atoms with van der Waals surface area (Å²) in [5.41, 5.74) is 0.103. The molecular weight excluding hydrogens is 232 g/mol. The van der Waals surface area contributed by atoms with Crippen molar-refractivity contribution in [3.05, 3.63) is 23.8 Å². The number of hydrogen-bond acceptors (Lipinski definition) is 4. The maximum absolute atomic E-state index is 11.9. The van der Waals surface area contributed by atoms with Gasteiger partial charge in [-0.05, 0) is 18.6 Å². The molecule has 1 aromatic rings. The minimum Gasteiger partial charge on any atom is -0.504 e. The monoisotopic (exact) mass is 248 g/mol. The van der Waals surface area contributed by atoms with Gasteiger partial charge in [0.2, 0.25) is 0 Å². The van der Waals surface area contributed by atoms with E-state index in [2.05, 4.69) is 5.32 Å². The van der Waals surface area contributed by atoms with Crippen molar-refractivity contribution in [2.45, 2.75) is 25.8 Å². The Morgan fingerprint density at radius 3 is 2.89 bits per heavy atom. The molecule has 0 aliphatic rings. The first-order valence-corrected chi connectivity index (χ1v) is 5.70. The Kier molecular flexibility index (Phi) is 5.00. The fourth-order valence-corrected chi connectivity index (χ4v) is 1.56. The number of benzene rings is 1. The van der Waals surface area contributed by atoms with Crippen molar-refractivity contribution in [3.8, 4) is 17.6 Å². The molecule has 0 fully saturated rings. The zero-order valence-corrected chi connectivity index (χ0v) is 10.4. The first-order valence-electron chi connectivity index (χ1n) is 5.70. The molecule has 0 heterocycles. The van der Waals surface area contributed by atoms with E-state index in [0.717, 1.165) is 6.42 Å². The predicted molar refractivity (Wildman–Crippen MR) is 66.4 cm³/mol. The highest BCUT2D eigenvalue weighted by Gasteiger charge is 2.17. The maximum atomic E-state index is 11.9. The number of nitrogens with one attached hydrogen (secondary N) is 1. The van der Waals surface area contributed by atoms with Gasteiger partial charge in [-0.1, -0.05) is 19.4 Å². The van der Waals surface area contributed by atoms with Crippen LogP contribution in [0, 0.1) is 11.3 Å². The fraction of sp³-hybridized carbons (Fsp3) is 0.385. The van der Waals surface area contributed by atoms with Crippen molar-refractivity contribution >= 4 is 5.91 Å². The number of aromatic hydroxyl groups is 1. The van der Waals surface area contributed by atoms with E-state index >= 15 is 0 Å². The SMILES string of the molecule is CCCC(C#N)NC(=O)c1cccc(OC)c1O. The number of carbonyl (C=O) groups is 1. The number of phenolic OH excluding ortho intramolecular Hbond substituents is 1. The second-order valence-electron chi connectivity index (χ2n) is 3.80. The Hall–Kier alpha value is -2.22. The topological polar surface area (TPSA) is 82.4 Å². The lowest BCUT2D eigenvalue weighted by Crippen LogP contribution is -2.33. The quantitative estimate of drug-likeness (QED) is 0.832. The second-order valence-corrected chi connectivity index (χ2v) is 3.80. The van der Waals surface area contributed by atoms with Gasteiger partial charge in [0.15, 0.2) is 11.5 Å². The number of rotatable bonds is 5. The number of ether oxygens (including phenoxy) is 1. The van der Waals surface area contributed by atoms with Crippen molar-refractivity contribution in [2.24, 2.45) is 0 Å². The summed E-state index contributed by atoms with van der Waals surface area (Å²) in [5.74, 6) is -0.469. The van der Waals surface area contributed by atoms with Crippen molar-refractivity contribution in [3.63, 3.8) is 0 Å². The molecule has 96 valence electrons. The number of phenols is 1. The lowest BCUT2D eigenvalue weighted by molar-refractivity contribution is 0.0940. The van der Waals surface area contributed by atoms with E-state index in [9.17, 15) is 9.90 Å². The van der Waals surface area contributed by atoms with Gasteiger partial charge in [0, 0.05) is 0 Å². The van der Waals surface area contributed by atoms with E-state index in [1.807, 2.05) is 13.0 Å². The average Bonchev–Trinajstić information content (AvgIpc) is 2.38. The number of amides is 1. The normalized spacial score (nSPS) is 11.4. The summed E-state index contributed by atoms with van der Waals surface area (Å²) in [4.78, 5) is 11.9. The minimum absolute atomic E-state index is 0.103. The van der Waals surface area contributed by atoms with Crippen molar-refractivity contribution < 1.29 is 14.6 Å². The van der Waals surface area contributed by atoms with E-state index < -0.39 is 11.9 Å². The molecule has 5 nitrogen and oxygen atoms in total. The van der Waals surface area contributed by atoms with Gasteiger partial charge in [0.1, 0.15) is 6.04 Å². The van der Waals surface area contributed by atoms with Crippen LogP contribution in [0.1, 0.15) is 30.1 Å². The molecule has 18 heavy (non-hydrogen) atoms. The molecule has 0 aromatic heterocycles. The van der Waals surface area contributed by atoms with Crippen LogP contribution in [0.4, 0.5) is 0 Å². The van der Waals surface area contributed by atoms with Crippen LogP contribution in [-0.2, 0) is 0 Å². The number of nitriles is 1. The third-order valence-electron chi connectivity index (χ3n) is 2.50. The third kappa shape index (κ3) is 3.14. The number of methoxy groups -OCH3 is 1. The summed E-state index contributed by atoms with van der Waals surface area (Å²) in [5, 5.41) is 21.2. The van der Waals surface area contributed by atoms with Crippen LogP contribution in [0.25, 0.3) is 0 Å². The second kappa shape index (κ2) is 6.50. The molecule has 1 unspecified atom stereocenters. The summed E-state index contributed by atoms with van der Waals surface area (Å²) < 4.78 is 4.92. The number of carbonyl (C=O) groups excluding carboxylic acids is 1. The van der Waals surface area contributed by atoms with Crippen LogP contribution < -0.4 is 10.1 Å². The lowest BCUT2D eigenvalue weighted by atomic mass is 10.1. The summed E-state index contributed by atoms with van der Waals surface area (Å²) in [6.07, 6.45) is 1.37. The van der Waals surface area contributed by atoms with Crippen LogP contribution in [0.5, 0.6) is 11.5 Å². The smallest absolute Gasteiger partial charge is 0.256 e. The zero-order valence-electron chi connectivity index (χ0n) is 10.4. The van der Waals surface area contributed by atoms with Gasteiger partial charge in [-0.25, -0.2) is 0 Å². The standard InChI is InChI=1S/C13H16N2O3/c1-3-5-9(8-14)15-13(17)10-6-4-7-11(18-2)12(10)16/h4,6-7,9,16H,3,5H2,1-2H3,(H,15,17). The van der Waals surface area contributed by atoms with Gasteiger partial charge in [0.25, 0.3) is 5.91 Å². The molecule has 1 aromatic carbocycles. The molecule has 0 radical (unpaired) electrons. The van der Waals surface area contributed by atoms with Crippen molar-refractivity contribution in [1.82, 2.24) is 5.32 Å². The Morgan fingerprint density at radius 2 is 2.33 bits per heavy atom. The maximum Gasteiger partial charge on any atom is 0.256 e. The van der Waals surface area contributed by atoms with Crippen LogP contribution >= 0.6 is 0 Å². The van der Waals surface area contributed by atoms with Gasteiger partial charge >= 0.3 is 0 Å². The molecule has 1 amide bonds. The zero-order chi connectivity index (χ0) is 13.5. The van der Waals surface area contributed by atoms with Crippen LogP contribution in [-0.4, -0.2) is 24.2 Å². The summed E-state index contributed by atoms with van der Waals surface area (Å²) in [7, 11) is 1.41.